The fraction of sp³-hybridized carbons (Fsp3) is 0.0714. The molecule has 7 heteroatoms. The standard InChI is InChI=1S/C14H10ClN3O2S/c1-7-2-3-8(14(19)20)11(6-7)16-12-9(15)4-5-10-13(12)18-21-17-10/h2-6,16H,1H3,(H,19,20). The zero-order valence-electron chi connectivity index (χ0n) is 10.9. The summed E-state index contributed by atoms with van der Waals surface area (Å²) in [7, 11) is 0. The van der Waals surface area contributed by atoms with Gasteiger partial charge >= 0.3 is 5.97 Å². The zero-order valence-corrected chi connectivity index (χ0v) is 12.5. The van der Waals surface area contributed by atoms with Gasteiger partial charge in [-0.1, -0.05) is 17.7 Å². The molecule has 2 N–H and O–H groups in total. The fourth-order valence-corrected chi connectivity index (χ4v) is 2.77. The van der Waals surface area contributed by atoms with E-state index in [4.69, 9.17) is 11.6 Å². The van der Waals surface area contributed by atoms with Crippen LogP contribution in [0.2, 0.25) is 5.02 Å². The number of aromatic nitrogens is 2. The molecule has 0 amide bonds. The Labute approximate surface area is 129 Å². The van der Waals surface area contributed by atoms with Gasteiger partial charge in [0.2, 0.25) is 0 Å². The number of carboxylic acids is 1. The van der Waals surface area contributed by atoms with Crippen LogP contribution < -0.4 is 5.32 Å². The van der Waals surface area contributed by atoms with E-state index in [0.717, 1.165) is 22.8 Å². The van der Waals surface area contributed by atoms with Gasteiger partial charge < -0.3 is 10.4 Å². The van der Waals surface area contributed by atoms with Gasteiger partial charge in [0, 0.05) is 0 Å². The van der Waals surface area contributed by atoms with E-state index in [2.05, 4.69) is 14.1 Å². The molecule has 106 valence electrons. The van der Waals surface area contributed by atoms with Crippen molar-refractivity contribution in [3.8, 4) is 0 Å². The lowest BCUT2D eigenvalue weighted by Gasteiger charge is -2.12. The molecule has 0 spiro atoms. The maximum atomic E-state index is 11.3. The average molecular weight is 320 g/mol. The summed E-state index contributed by atoms with van der Waals surface area (Å²) in [6, 6.07) is 8.57. The Bertz CT molecular complexity index is 847. The van der Waals surface area contributed by atoms with Crippen LogP contribution in [0.5, 0.6) is 0 Å². The molecular weight excluding hydrogens is 310 g/mol. The van der Waals surface area contributed by atoms with Crippen LogP contribution in [0.15, 0.2) is 30.3 Å². The lowest BCUT2D eigenvalue weighted by atomic mass is 10.1. The van der Waals surface area contributed by atoms with E-state index < -0.39 is 5.97 Å². The predicted octanol–water partition coefficient (Wildman–Crippen LogP) is 4.09. The highest BCUT2D eigenvalue weighted by atomic mass is 35.5. The smallest absolute Gasteiger partial charge is 0.337 e. The highest BCUT2D eigenvalue weighted by Gasteiger charge is 2.15. The molecule has 0 saturated heterocycles. The number of benzene rings is 2. The molecule has 0 atom stereocenters. The van der Waals surface area contributed by atoms with E-state index in [0.29, 0.717) is 21.9 Å². The quantitative estimate of drug-likeness (QED) is 0.760. The average Bonchev–Trinajstić information content (AvgIpc) is 2.90. The Morgan fingerprint density at radius 2 is 2.10 bits per heavy atom. The van der Waals surface area contributed by atoms with Crippen molar-refractivity contribution in [2.45, 2.75) is 6.92 Å². The maximum absolute atomic E-state index is 11.3. The molecular formula is C14H10ClN3O2S. The van der Waals surface area contributed by atoms with Crippen LogP contribution in [-0.4, -0.2) is 19.8 Å². The van der Waals surface area contributed by atoms with Gasteiger partial charge in [0.05, 0.1) is 33.7 Å². The number of halogens is 1. The van der Waals surface area contributed by atoms with E-state index in [-0.39, 0.29) is 5.56 Å². The topological polar surface area (TPSA) is 75.1 Å². The molecule has 21 heavy (non-hydrogen) atoms. The third kappa shape index (κ3) is 2.55. The second kappa shape index (κ2) is 5.31. The van der Waals surface area contributed by atoms with Crippen LogP contribution in [0.4, 0.5) is 11.4 Å². The molecule has 0 unspecified atom stereocenters. The van der Waals surface area contributed by atoms with Crippen molar-refractivity contribution >= 4 is 51.7 Å². The van der Waals surface area contributed by atoms with E-state index in [1.54, 1.807) is 30.3 Å². The van der Waals surface area contributed by atoms with Gasteiger partial charge in [0.15, 0.2) is 0 Å². The maximum Gasteiger partial charge on any atom is 0.337 e. The van der Waals surface area contributed by atoms with Crippen molar-refractivity contribution in [1.29, 1.82) is 0 Å². The number of aryl methyl sites for hydroxylation is 1. The Balaban J connectivity index is 2.14. The summed E-state index contributed by atoms with van der Waals surface area (Å²) in [5.41, 5.74) is 3.52. The van der Waals surface area contributed by atoms with E-state index >= 15 is 0 Å². The number of nitrogens with zero attached hydrogens (tertiary/aromatic N) is 2. The lowest BCUT2D eigenvalue weighted by Crippen LogP contribution is -2.03. The van der Waals surface area contributed by atoms with Gasteiger partial charge in [0.25, 0.3) is 0 Å². The minimum atomic E-state index is -1.00. The van der Waals surface area contributed by atoms with E-state index in [1.165, 1.54) is 0 Å². The molecule has 0 aliphatic heterocycles. The van der Waals surface area contributed by atoms with Gasteiger partial charge in [-0.15, -0.1) is 0 Å². The second-order valence-corrected chi connectivity index (χ2v) is 5.47. The number of rotatable bonds is 3. The van der Waals surface area contributed by atoms with Crippen LogP contribution in [-0.2, 0) is 0 Å². The molecule has 0 saturated carbocycles. The molecule has 0 aliphatic rings. The summed E-state index contributed by atoms with van der Waals surface area (Å²) < 4.78 is 8.36. The number of fused-ring (bicyclic) bond motifs is 1. The first-order valence-corrected chi connectivity index (χ1v) is 7.19. The summed E-state index contributed by atoms with van der Waals surface area (Å²) in [6.45, 7) is 1.89. The first-order chi connectivity index (χ1) is 10.1. The van der Waals surface area contributed by atoms with Gasteiger partial charge in [-0.25, -0.2) is 4.79 Å². The highest BCUT2D eigenvalue weighted by Crippen LogP contribution is 2.33. The van der Waals surface area contributed by atoms with Crippen molar-refractivity contribution in [3.63, 3.8) is 0 Å². The van der Waals surface area contributed by atoms with Gasteiger partial charge in [-0.2, -0.15) is 8.75 Å². The molecule has 1 heterocycles. The molecule has 3 aromatic rings. The number of carbonyl (C=O) groups is 1. The zero-order chi connectivity index (χ0) is 15.0. The monoisotopic (exact) mass is 319 g/mol. The molecule has 2 aromatic carbocycles. The normalized spacial score (nSPS) is 10.8. The van der Waals surface area contributed by atoms with Crippen molar-refractivity contribution < 1.29 is 9.90 Å². The number of hydrogen-bond acceptors (Lipinski definition) is 5. The molecule has 0 aliphatic carbocycles. The van der Waals surface area contributed by atoms with Crippen molar-refractivity contribution in [3.05, 3.63) is 46.5 Å². The summed E-state index contributed by atoms with van der Waals surface area (Å²) in [5, 5.41) is 12.8. The number of nitrogens with one attached hydrogen (secondary N) is 1. The van der Waals surface area contributed by atoms with Gasteiger partial charge in [-0.3, -0.25) is 0 Å². The highest BCUT2D eigenvalue weighted by molar-refractivity contribution is 7.00. The van der Waals surface area contributed by atoms with E-state index in [9.17, 15) is 9.90 Å². The van der Waals surface area contributed by atoms with Crippen LogP contribution in [0.3, 0.4) is 0 Å². The minimum absolute atomic E-state index is 0.178. The number of anilines is 2. The Morgan fingerprint density at radius 1 is 1.29 bits per heavy atom. The SMILES string of the molecule is Cc1ccc(C(=O)O)c(Nc2c(Cl)ccc3nsnc23)c1. The fourth-order valence-electron chi connectivity index (χ4n) is 2.03. The van der Waals surface area contributed by atoms with Crippen LogP contribution >= 0.6 is 23.3 Å². The first-order valence-electron chi connectivity index (χ1n) is 6.08. The summed E-state index contributed by atoms with van der Waals surface area (Å²) in [5.74, 6) is -1.00. The number of carboxylic acid groups (broad SMARTS) is 1. The summed E-state index contributed by atoms with van der Waals surface area (Å²) >= 11 is 7.29. The summed E-state index contributed by atoms with van der Waals surface area (Å²) in [4.78, 5) is 11.3. The molecule has 0 fully saturated rings. The first kappa shape index (κ1) is 13.8. The molecule has 5 nitrogen and oxygen atoms in total. The predicted molar refractivity (Wildman–Crippen MR) is 83.8 cm³/mol. The van der Waals surface area contributed by atoms with Gasteiger partial charge in [-0.05, 0) is 36.8 Å². The van der Waals surface area contributed by atoms with Crippen LogP contribution in [0, 0.1) is 6.92 Å². The van der Waals surface area contributed by atoms with Crippen molar-refractivity contribution in [1.82, 2.24) is 8.75 Å². The molecule has 1 aromatic heterocycles. The minimum Gasteiger partial charge on any atom is -0.478 e. The largest absolute Gasteiger partial charge is 0.478 e. The third-order valence-corrected chi connectivity index (χ3v) is 3.90. The molecule has 3 rings (SSSR count). The lowest BCUT2D eigenvalue weighted by molar-refractivity contribution is 0.0698. The third-order valence-electron chi connectivity index (χ3n) is 3.04. The Kier molecular flexibility index (Phi) is 3.48. The molecule has 0 bridgehead atoms. The molecule has 0 radical (unpaired) electrons. The van der Waals surface area contributed by atoms with E-state index in [1.807, 2.05) is 6.92 Å². The van der Waals surface area contributed by atoms with Crippen molar-refractivity contribution in [2.75, 3.05) is 5.32 Å². The Hall–Kier alpha value is -2.18. The van der Waals surface area contributed by atoms with Gasteiger partial charge in [0.1, 0.15) is 11.0 Å². The second-order valence-electron chi connectivity index (χ2n) is 4.53. The number of hydrogen-bond donors (Lipinski definition) is 2. The van der Waals surface area contributed by atoms with Crippen LogP contribution in [0.1, 0.15) is 15.9 Å². The van der Waals surface area contributed by atoms with Crippen molar-refractivity contribution in [2.24, 2.45) is 0 Å². The Morgan fingerprint density at radius 3 is 2.86 bits per heavy atom. The summed E-state index contributed by atoms with van der Waals surface area (Å²) in [6.07, 6.45) is 0. The van der Waals surface area contributed by atoms with Crippen LogP contribution in [0.25, 0.3) is 11.0 Å². The number of aromatic carboxylic acids is 1.